The number of nitrogens with zero attached hydrogens (tertiary/aromatic N) is 2. The standard InChI is InChI=1S/C26H20BrN5O3S2/c27-18-11-12-23-22(13-18)24(30-31-26(36)29-19-8-4-9-20(14-19)37(28,34)35)25(33)32(23)15-17-7-3-6-16-5-1-2-10-21(16)17/h1-14H,15H2,(H2,28,34,35)(H2,29,31,36). The van der Waals surface area contributed by atoms with E-state index in [1.165, 1.54) is 18.2 Å². The van der Waals surface area contributed by atoms with E-state index in [-0.39, 0.29) is 21.6 Å². The number of primary sulfonamides is 1. The molecule has 0 spiro atoms. The molecule has 1 heterocycles. The molecule has 4 aromatic rings. The summed E-state index contributed by atoms with van der Waals surface area (Å²) in [6.45, 7) is 0.372. The van der Waals surface area contributed by atoms with Crippen LogP contribution in [0.4, 0.5) is 11.4 Å². The average molecular weight is 595 g/mol. The molecule has 186 valence electrons. The second-order valence-corrected chi connectivity index (χ2v) is 11.2. The van der Waals surface area contributed by atoms with Gasteiger partial charge in [-0.25, -0.2) is 13.6 Å². The molecule has 0 bridgehead atoms. The van der Waals surface area contributed by atoms with Crippen LogP contribution < -0.4 is 20.8 Å². The molecule has 0 atom stereocenters. The number of amides is 1. The molecule has 0 aromatic heterocycles. The van der Waals surface area contributed by atoms with Crippen LogP contribution in [0.5, 0.6) is 0 Å². The summed E-state index contributed by atoms with van der Waals surface area (Å²) in [7, 11) is -3.86. The van der Waals surface area contributed by atoms with Crippen molar-refractivity contribution < 1.29 is 13.2 Å². The van der Waals surface area contributed by atoms with E-state index < -0.39 is 10.0 Å². The predicted octanol–water partition coefficient (Wildman–Crippen LogP) is 4.49. The fraction of sp³-hybridized carbons (Fsp3) is 0.0385. The third-order valence-corrected chi connectivity index (χ3v) is 7.45. The van der Waals surface area contributed by atoms with Crippen LogP contribution >= 0.6 is 28.1 Å². The Kier molecular flexibility index (Phi) is 6.78. The van der Waals surface area contributed by atoms with Gasteiger partial charge >= 0.3 is 0 Å². The summed E-state index contributed by atoms with van der Waals surface area (Å²) in [6.07, 6.45) is 0. The zero-order valence-electron chi connectivity index (χ0n) is 19.2. The molecule has 4 N–H and O–H groups in total. The van der Waals surface area contributed by atoms with Crippen molar-refractivity contribution in [2.24, 2.45) is 10.2 Å². The van der Waals surface area contributed by atoms with Gasteiger partial charge in [-0.2, -0.15) is 5.10 Å². The average Bonchev–Trinajstić information content (AvgIpc) is 3.12. The number of carbonyl (C=O) groups is 1. The molecule has 0 unspecified atom stereocenters. The highest BCUT2D eigenvalue weighted by atomic mass is 79.9. The molecular weight excluding hydrogens is 574 g/mol. The summed E-state index contributed by atoms with van der Waals surface area (Å²) in [5.41, 5.74) is 5.72. The van der Waals surface area contributed by atoms with Crippen LogP contribution in [0.3, 0.4) is 0 Å². The zero-order valence-corrected chi connectivity index (χ0v) is 22.4. The fourth-order valence-corrected chi connectivity index (χ4v) is 5.25. The van der Waals surface area contributed by atoms with Crippen molar-refractivity contribution in [2.75, 3.05) is 10.2 Å². The maximum Gasteiger partial charge on any atom is 0.279 e. The first-order valence-electron chi connectivity index (χ1n) is 11.1. The Morgan fingerprint density at radius 3 is 2.57 bits per heavy atom. The van der Waals surface area contributed by atoms with Crippen molar-refractivity contribution >= 4 is 77.0 Å². The number of hydrogen-bond donors (Lipinski definition) is 3. The van der Waals surface area contributed by atoms with Gasteiger partial charge in [-0.15, -0.1) is 0 Å². The van der Waals surface area contributed by atoms with Crippen LogP contribution in [-0.4, -0.2) is 25.1 Å². The van der Waals surface area contributed by atoms with Crippen molar-refractivity contribution in [3.63, 3.8) is 0 Å². The van der Waals surface area contributed by atoms with E-state index in [0.29, 0.717) is 17.8 Å². The van der Waals surface area contributed by atoms with Crippen LogP contribution in [0.2, 0.25) is 0 Å². The summed E-state index contributed by atoms with van der Waals surface area (Å²) in [6, 6.07) is 25.6. The highest BCUT2D eigenvalue weighted by molar-refractivity contribution is 9.10. The molecule has 4 aromatic carbocycles. The molecule has 11 heteroatoms. The summed E-state index contributed by atoms with van der Waals surface area (Å²) >= 11 is 8.79. The zero-order chi connectivity index (χ0) is 26.2. The summed E-state index contributed by atoms with van der Waals surface area (Å²) < 4.78 is 24.0. The van der Waals surface area contributed by atoms with E-state index in [1.807, 2.05) is 60.7 Å². The molecule has 0 radical (unpaired) electrons. The van der Waals surface area contributed by atoms with Crippen molar-refractivity contribution in [3.8, 4) is 0 Å². The Morgan fingerprint density at radius 2 is 1.76 bits per heavy atom. The van der Waals surface area contributed by atoms with Crippen LogP contribution in [0.15, 0.2) is 99.4 Å². The van der Waals surface area contributed by atoms with E-state index in [0.717, 1.165) is 26.5 Å². The summed E-state index contributed by atoms with van der Waals surface area (Å²) in [4.78, 5) is 15.2. The molecular formula is C26H20BrN5O3S2. The Morgan fingerprint density at radius 1 is 1.00 bits per heavy atom. The maximum atomic E-state index is 13.5. The second-order valence-electron chi connectivity index (χ2n) is 8.29. The highest BCUT2D eigenvalue weighted by Crippen LogP contribution is 2.34. The highest BCUT2D eigenvalue weighted by Gasteiger charge is 2.34. The molecule has 0 aliphatic carbocycles. The predicted molar refractivity (Wildman–Crippen MR) is 153 cm³/mol. The molecule has 1 aliphatic heterocycles. The SMILES string of the molecule is NS(=O)(=O)c1cccc(NC(=S)NN=C2C(=O)N(Cc3cccc4ccccc34)c3ccc(Br)cc32)c1. The van der Waals surface area contributed by atoms with Crippen LogP contribution in [0, 0.1) is 0 Å². The number of fused-ring (bicyclic) bond motifs is 2. The van der Waals surface area contributed by atoms with Crippen molar-refractivity contribution in [1.82, 2.24) is 5.43 Å². The number of nitrogens with one attached hydrogen (secondary N) is 2. The van der Waals surface area contributed by atoms with Gasteiger partial charge in [0.2, 0.25) is 10.0 Å². The second kappa shape index (κ2) is 10.0. The first kappa shape index (κ1) is 25.0. The minimum absolute atomic E-state index is 0.0551. The van der Waals surface area contributed by atoms with Crippen molar-refractivity contribution in [2.45, 2.75) is 11.4 Å². The largest absolute Gasteiger partial charge is 0.331 e. The normalized spacial score (nSPS) is 14.2. The first-order valence-corrected chi connectivity index (χ1v) is 13.8. The van der Waals surface area contributed by atoms with E-state index >= 15 is 0 Å². The lowest BCUT2D eigenvalue weighted by atomic mass is 10.0. The van der Waals surface area contributed by atoms with Gasteiger partial charge in [0.05, 0.1) is 17.1 Å². The number of carbonyl (C=O) groups excluding carboxylic acids is 1. The topological polar surface area (TPSA) is 117 Å². The number of anilines is 2. The molecule has 0 saturated heterocycles. The number of thiocarbonyl (C=S) groups is 1. The van der Waals surface area contributed by atoms with Gasteiger partial charge in [-0.05, 0) is 65.0 Å². The van der Waals surface area contributed by atoms with E-state index in [2.05, 4.69) is 31.8 Å². The molecule has 8 nitrogen and oxygen atoms in total. The molecule has 37 heavy (non-hydrogen) atoms. The van der Waals surface area contributed by atoms with E-state index in [4.69, 9.17) is 17.4 Å². The number of nitrogens with two attached hydrogens (primary N) is 1. The molecule has 5 rings (SSSR count). The number of benzene rings is 4. The van der Waals surface area contributed by atoms with Crippen molar-refractivity contribution in [3.05, 3.63) is 101 Å². The van der Waals surface area contributed by atoms with Gasteiger partial charge in [-0.3, -0.25) is 10.2 Å². The van der Waals surface area contributed by atoms with Crippen molar-refractivity contribution in [1.29, 1.82) is 0 Å². The lowest BCUT2D eigenvalue weighted by Gasteiger charge is -2.18. The molecule has 1 aliphatic rings. The maximum absolute atomic E-state index is 13.5. The molecule has 0 saturated carbocycles. The summed E-state index contributed by atoms with van der Waals surface area (Å²) in [5.74, 6) is -0.271. The Balaban J connectivity index is 1.41. The Labute approximate surface area is 227 Å². The molecule has 0 fully saturated rings. The minimum Gasteiger partial charge on any atom is -0.331 e. The number of rotatable bonds is 5. The third-order valence-electron chi connectivity index (χ3n) is 5.85. The third kappa shape index (κ3) is 5.25. The monoisotopic (exact) mass is 593 g/mol. The van der Waals surface area contributed by atoms with Crippen LogP contribution in [-0.2, 0) is 21.4 Å². The van der Waals surface area contributed by atoms with Gasteiger partial charge in [0, 0.05) is 15.7 Å². The number of halogens is 1. The van der Waals surface area contributed by atoms with Gasteiger partial charge < -0.3 is 10.2 Å². The summed E-state index contributed by atoms with van der Waals surface area (Å²) in [5, 5.41) is 14.6. The van der Waals surface area contributed by atoms with Gasteiger partial charge in [-0.1, -0.05) is 64.5 Å². The Bertz CT molecular complexity index is 1700. The number of sulfonamides is 1. The van der Waals surface area contributed by atoms with Gasteiger partial charge in [0.15, 0.2) is 10.8 Å². The van der Waals surface area contributed by atoms with E-state index in [9.17, 15) is 13.2 Å². The minimum atomic E-state index is -3.86. The lowest BCUT2D eigenvalue weighted by molar-refractivity contribution is -0.112. The smallest absolute Gasteiger partial charge is 0.279 e. The van der Waals surface area contributed by atoms with E-state index in [1.54, 1.807) is 11.0 Å². The first-order chi connectivity index (χ1) is 17.7. The number of hydrogen-bond acceptors (Lipinski definition) is 5. The quantitative estimate of drug-likeness (QED) is 0.232. The molecule has 1 amide bonds. The van der Waals surface area contributed by atoms with Crippen LogP contribution in [0.1, 0.15) is 11.1 Å². The number of hydrazone groups is 1. The fourth-order valence-electron chi connectivity index (χ4n) is 4.17. The van der Waals surface area contributed by atoms with Crippen LogP contribution in [0.25, 0.3) is 10.8 Å². The van der Waals surface area contributed by atoms with Gasteiger partial charge in [0.25, 0.3) is 5.91 Å². The Hall–Kier alpha value is -3.64. The lowest BCUT2D eigenvalue weighted by Crippen LogP contribution is -2.32. The van der Waals surface area contributed by atoms with Gasteiger partial charge in [0.1, 0.15) is 0 Å².